The number of benzene rings is 1. The van der Waals surface area contributed by atoms with Crippen LogP contribution in [0.5, 0.6) is 5.75 Å². The number of halogens is 7. The number of hydrogen-bond acceptors (Lipinski definition) is 4. The molecule has 12 heteroatoms. The first-order valence-electron chi connectivity index (χ1n) is 7.93. The van der Waals surface area contributed by atoms with Crippen LogP contribution in [-0.4, -0.2) is 25.3 Å². The number of hydrogen-bond donors (Lipinski definition) is 1. The van der Waals surface area contributed by atoms with E-state index < -0.39 is 40.6 Å². The summed E-state index contributed by atoms with van der Waals surface area (Å²) in [7, 11) is 0. The molecule has 0 unspecified atom stereocenters. The summed E-state index contributed by atoms with van der Waals surface area (Å²) in [6.45, 7) is 1.55. The number of alkyl halides is 6. The highest BCUT2D eigenvalue weighted by Crippen LogP contribution is 2.41. The van der Waals surface area contributed by atoms with Crippen LogP contribution in [0.15, 0.2) is 29.0 Å². The highest BCUT2D eigenvalue weighted by molar-refractivity contribution is 9.10. The molecule has 0 bridgehead atoms. The summed E-state index contributed by atoms with van der Waals surface area (Å²) in [5.74, 6) is -2.24. The van der Waals surface area contributed by atoms with Crippen LogP contribution >= 0.6 is 15.9 Å². The molecule has 0 amide bonds. The molecule has 0 aliphatic carbocycles. The van der Waals surface area contributed by atoms with Crippen molar-refractivity contribution in [2.75, 3.05) is 0 Å². The maximum atomic E-state index is 13.1. The third-order valence-electron chi connectivity index (χ3n) is 4.09. The summed E-state index contributed by atoms with van der Waals surface area (Å²) < 4.78 is 78.8. The van der Waals surface area contributed by atoms with Crippen LogP contribution in [0.2, 0.25) is 0 Å². The predicted octanol–water partition coefficient (Wildman–Crippen LogP) is 5.03. The van der Waals surface area contributed by atoms with Gasteiger partial charge in [0.15, 0.2) is 0 Å². The summed E-state index contributed by atoms with van der Waals surface area (Å²) in [5, 5.41) is 9.62. The van der Waals surface area contributed by atoms with Gasteiger partial charge in [0.25, 0.3) is 0 Å². The van der Waals surface area contributed by atoms with Crippen LogP contribution in [-0.2, 0) is 18.8 Å². The molecule has 1 N–H and O–H groups in total. The van der Waals surface area contributed by atoms with Crippen LogP contribution in [0.1, 0.15) is 39.8 Å². The Kier molecular flexibility index (Phi) is 5.10. The minimum atomic E-state index is -4.93. The van der Waals surface area contributed by atoms with Gasteiger partial charge in [-0.25, -0.2) is 9.97 Å². The van der Waals surface area contributed by atoms with Crippen LogP contribution in [0, 0.1) is 0 Å². The molecule has 154 valence electrons. The van der Waals surface area contributed by atoms with Gasteiger partial charge in [-0.3, -0.25) is 9.20 Å². The zero-order valence-corrected chi connectivity index (χ0v) is 15.9. The molecular weight excluding hydrogens is 472 g/mol. The fraction of sp³-hybridized carbons (Fsp3) is 0.235. The number of nitrogens with zero attached hydrogens (tertiary/aromatic N) is 3. The fourth-order valence-corrected chi connectivity index (χ4v) is 3.19. The van der Waals surface area contributed by atoms with Crippen molar-refractivity contribution < 1.29 is 36.2 Å². The van der Waals surface area contributed by atoms with Gasteiger partial charge in [0.2, 0.25) is 11.6 Å². The van der Waals surface area contributed by atoms with E-state index in [9.17, 15) is 36.2 Å². The Morgan fingerprint density at radius 1 is 1.17 bits per heavy atom. The Morgan fingerprint density at radius 3 is 2.38 bits per heavy atom. The molecule has 0 saturated carbocycles. The Labute approximate surface area is 167 Å². The van der Waals surface area contributed by atoms with E-state index in [1.54, 1.807) is 6.92 Å². The van der Waals surface area contributed by atoms with Crippen LogP contribution in [0.25, 0.3) is 5.78 Å². The third kappa shape index (κ3) is 3.80. The van der Waals surface area contributed by atoms with Crippen molar-refractivity contribution in [3.05, 3.63) is 57.1 Å². The Morgan fingerprint density at radius 2 is 1.83 bits per heavy atom. The highest BCUT2D eigenvalue weighted by Gasteiger charge is 2.36. The fourth-order valence-electron chi connectivity index (χ4n) is 2.73. The van der Waals surface area contributed by atoms with Gasteiger partial charge in [-0.2, -0.15) is 26.3 Å². The molecule has 5 nitrogen and oxygen atoms in total. The lowest BCUT2D eigenvalue weighted by atomic mass is 10.0. The number of aromatic nitrogens is 3. The number of ketones is 1. The van der Waals surface area contributed by atoms with Gasteiger partial charge in [-0.1, -0.05) is 6.92 Å². The van der Waals surface area contributed by atoms with Crippen molar-refractivity contribution in [3.63, 3.8) is 0 Å². The van der Waals surface area contributed by atoms with Crippen molar-refractivity contribution in [1.82, 2.24) is 14.4 Å². The smallest absolute Gasteiger partial charge is 0.420 e. The van der Waals surface area contributed by atoms with E-state index in [2.05, 4.69) is 25.9 Å². The average molecular weight is 482 g/mol. The Hall–Kier alpha value is -2.63. The Bertz CT molecular complexity index is 1120. The lowest BCUT2D eigenvalue weighted by Gasteiger charge is -2.12. The molecule has 2 aromatic heterocycles. The monoisotopic (exact) mass is 481 g/mol. The van der Waals surface area contributed by atoms with Gasteiger partial charge in [0, 0.05) is 18.0 Å². The first-order chi connectivity index (χ1) is 13.3. The number of carbonyl (C=O) groups is 1. The number of aryl methyl sites for hydroxylation is 1. The van der Waals surface area contributed by atoms with Crippen molar-refractivity contribution in [3.8, 4) is 5.75 Å². The zero-order valence-electron chi connectivity index (χ0n) is 14.4. The highest BCUT2D eigenvalue weighted by atomic mass is 79.9. The minimum absolute atomic E-state index is 0.0568. The van der Waals surface area contributed by atoms with Gasteiger partial charge in [0.1, 0.15) is 11.4 Å². The summed E-state index contributed by atoms with van der Waals surface area (Å²) in [4.78, 5) is 20.3. The van der Waals surface area contributed by atoms with E-state index in [0.717, 1.165) is 16.7 Å². The number of phenols is 1. The number of rotatable bonds is 3. The molecule has 0 aliphatic heterocycles. The summed E-state index contributed by atoms with van der Waals surface area (Å²) in [6, 6.07) is 1.44. The standard InChI is InChI=1S/C17H10BrF6N3O2/c1-2-11-12(26-15-25-5-8(6-27(11)15)16(19,20)21)13(28)7-3-9(17(22,23)24)14(29)10(18)4-7/h3-6,29H,2H2,1H3. The van der Waals surface area contributed by atoms with E-state index >= 15 is 0 Å². The minimum Gasteiger partial charge on any atom is -0.506 e. The maximum Gasteiger partial charge on any atom is 0.420 e. The Balaban J connectivity index is 2.19. The number of phenolic OH excluding ortho intramolecular Hbond substituents is 1. The van der Waals surface area contributed by atoms with Gasteiger partial charge in [-0.15, -0.1) is 0 Å². The van der Waals surface area contributed by atoms with Gasteiger partial charge >= 0.3 is 12.4 Å². The molecular formula is C17H10BrF6N3O2. The van der Waals surface area contributed by atoms with E-state index in [4.69, 9.17) is 0 Å². The van der Waals surface area contributed by atoms with E-state index in [-0.39, 0.29) is 28.1 Å². The number of imidazole rings is 1. The molecule has 2 heterocycles. The van der Waals surface area contributed by atoms with Crippen molar-refractivity contribution in [2.45, 2.75) is 25.7 Å². The van der Waals surface area contributed by atoms with Crippen molar-refractivity contribution >= 4 is 27.5 Å². The van der Waals surface area contributed by atoms with E-state index in [0.29, 0.717) is 12.3 Å². The second-order valence-corrected chi connectivity index (χ2v) is 6.81. The lowest BCUT2D eigenvalue weighted by molar-refractivity contribution is -0.139. The molecule has 3 aromatic rings. The molecule has 0 fully saturated rings. The first kappa shape index (κ1) is 21.1. The second-order valence-electron chi connectivity index (χ2n) is 5.95. The zero-order chi connectivity index (χ0) is 21.7. The molecule has 1 aromatic carbocycles. The van der Waals surface area contributed by atoms with Crippen LogP contribution < -0.4 is 0 Å². The van der Waals surface area contributed by atoms with Crippen LogP contribution in [0.3, 0.4) is 0 Å². The SMILES string of the molecule is CCc1c(C(=O)c2cc(Br)c(O)c(C(F)(F)F)c2)nc2ncc(C(F)(F)F)cn12. The normalized spacial score (nSPS) is 12.6. The summed E-state index contributed by atoms with van der Waals surface area (Å²) >= 11 is 2.77. The predicted molar refractivity (Wildman–Crippen MR) is 91.6 cm³/mol. The number of fused-ring (bicyclic) bond motifs is 1. The molecule has 0 spiro atoms. The molecule has 0 atom stereocenters. The average Bonchev–Trinajstić information content (AvgIpc) is 2.99. The van der Waals surface area contributed by atoms with Crippen LogP contribution in [0.4, 0.5) is 26.3 Å². The van der Waals surface area contributed by atoms with Gasteiger partial charge in [-0.05, 0) is 34.5 Å². The topological polar surface area (TPSA) is 67.5 Å². The van der Waals surface area contributed by atoms with Crippen molar-refractivity contribution in [2.24, 2.45) is 0 Å². The molecule has 3 rings (SSSR count). The largest absolute Gasteiger partial charge is 0.506 e. The quantitative estimate of drug-likeness (QED) is 0.420. The lowest BCUT2D eigenvalue weighted by Crippen LogP contribution is -2.11. The van der Waals surface area contributed by atoms with E-state index in [1.165, 1.54) is 0 Å². The maximum absolute atomic E-state index is 13.1. The molecule has 29 heavy (non-hydrogen) atoms. The number of carbonyl (C=O) groups excluding carboxylic acids is 1. The summed E-state index contributed by atoms with van der Waals surface area (Å²) in [5.41, 5.74) is -3.22. The van der Waals surface area contributed by atoms with E-state index in [1.807, 2.05) is 0 Å². The van der Waals surface area contributed by atoms with Crippen molar-refractivity contribution in [1.29, 1.82) is 0 Å². The first-order valence-corrected chi connectivity index (χ1v) is 8.72. The van der Waals surface area contributed by atoms with Gasteiger partial charge in [0.05, 0.1) is 21.3 Å². The second kappa shape index (κ2) is 7.01. The third-order valence-corrected chi connectivity index (χ3v) is 4.69. The molecule has 0 aliphatic rings. The number of aromatic hydroxyl groups is 1. The molecule has 0 saturated heterocycles. The van der Waals surface area contributed by atoms with Gasteiger partial charge < -0.3 is 5.11 Å². The molecule has 0 radical (unpaired) electrons. The summed E-state index contributed by atoms with van der Waals surface area (Å²) in [6.07, 6.45) is -8.27.